The van der Waals surface area contributed by atoms with Crippen molar-refractivity contribution in [2.75, 3.05) is 0 Å². The van der Waals surface area contributed by atoms with Gasteiger partial charge in [0, 0.05) is 22.4 Å². The minimum Gasteiger partial charge on any atom is -0.252 e. The number of fused-ring (bicyclic) bond motifs is 1. The van der Waals surface area contributed by atoms with Crippen LogP contribution in [0.5, 0.6) is 0 Å². The number of rotatable bonds is 5. The molecule has 0 aliphatic heterocycles. The summed E-state index contributed by atoms with van der Waals surface area (Å²) < 4.78 is 13.7. The van der Waals surface area contributed by atoms with Crippen molar-refractivity contribution in [1.82, 2.24) is 4.98 Å². The normalized spacial score (nSPS) is 14.1. The van der Waals surface area contributed by atoms with Crippen molar-refractivity contribution in [1.29, 1.82) is 5.26 Å². The standard InChI is InChI=1S/C29H21FN2/c30-24-17-15-21(16-18-24)28-25-10-4-5-12-27(25)32-29(22-13-14-22)26(28)11-6-9-23(19-31)20-7-2-1-3-8-20/h1-12,15-18,22H,13-14H2/b11-6+,23-9-. The number of benzene rings is 3. The highest BCUT2D eigenvalue weighted by molar-refractivity contribution is 5.99. The van der Waals surface area contributed by atoms with Gasteiger partial charge in [0.2, 0.25) is 0 Å². The molecule has 0 spiro atoms. The van der Waals surface area contributed by atoms with Gasteiger partial charge in [-0.3, -0.25) is 4.98 Å². The Morgan fingerprint density at radius 3 is 2.38 bits per heavy atom. The Labute approximate surface area is 187 Å². The molecule has 1 aromatic heterocycles. The van der Waals surface area contributed by atoms with E-state index in [0.717, 1.165) is 51.7 Å². The molecular formula is C29H21FN2. The Hall–Kier alpha value is -4.03. The second-order valence-electron chi connectivity index (χ2n) is 8.00. The van der Waals surface area contributed by atoms with Gasteiger partial charge in [-0.25, -0.2) is 4.39 Å². The van der Waals surface area contributed by atoms with Crippen molar-refractivity contribution in [2.45, 2.75) is 18.8 Å². The maximum atomic E-state index is 13.7. The van der Waals surface area contributed by atoms with Crippen molar-refractivity contribution in [2.24, 2.45) is 0 Å². The third kappa shape index (κ3) is 3.96. The monoisotopic (exact) mass is 416 g/mol. The number of pyridine rings is 1. The number of aromatic nitrogens is 1. The molecule has 1 aliphatic carbocycles. The molecule has 0 atom stereocenters. The molecule has 0 radical (unpaired) electrons. The Bertz CT molecular complexity index is 1370. The zero-order valence-electron chi connectivity index (χ0n) is 17.5. The quantitative estimate of drug-likeness (QED) is 0.249. The van der Waals surface area contributed by atoms with Crippen LogP contribution < -0.4 is 0 Å². The molecule has 3 aromatic carbocycles. The van der Waals surface area contributed by atoms with Crippen LogP contribution >= 0.6 is 0 Å². The number of nitrogens with zero attached hydrogens (tertiary/aromatic N) is 2. The van der Waals surface area contributed by atoms with E-state index in [1.165, 1.54) is 12.1 Å². The molecule has 0 unspecified atom stereocenters. The second kappa shape index (κ2) is 8.61. The summed E-state index contributed by atoms with van der Waals surface area (Å²) in [6.45, 7) is 0. The van der Waals surface area contributed by atoms with Crippen molar-refractivity contribution >= 4 is 22.6 Å². The van der Waals surface area contributed by atoms with Crippen molar-refractivity contribution in [3.05, 3.63) is 114 Å². The predicted octanol–water partition coefficient (Wildman–Crippen LogP) is 7.54. The first-order chi connectivity index (χ1) is 15.7. The van der Waals surface area contributed by atoms with Crippen LogP contribution in [0.2, 0.25) is 0 Å². The molecule has 154 valence electrons. The van der Waals surface area contributed by atoms with Gasteiger partial charge < -0.3 is 0 Å². The molecular weight excluding hydrogens is 395 g/mol. The number of hydrogen-bond acceptors (Lipinski definition) is 2. The summed E-state index contributed by atoms with van der Waals surface area (Å²) in [5, 5.41) is 10.7. The third-order valence-corrected chi connectivity index (χ3v) is 5.79. The van der Waals surface area contributed by atoms with Gasteiger partial charge in [0.05, 0.1) is 22.9 Å². The Balaban J connectivity index is 1.69. The average molecular weight is 416 g/mol. The largest absolute Gasteiger partial charge is 0.252 e. The van der Waals surface area contributed by atoms with Gasteiger partial charge in [0.1, 0.15) is 5.82 Å². The predicted molar refractivity (Wildman–Crippen MR) is 128 cm³/mol. The molecule has 3 heteroatoms. The molecule has 1 aliphatic rings. The highest BCUT2D eigenvalue weighted by Gasteiger charge is 2.29. The SMILES string of the molecule is N#C/C(=C/C=C/c1c(C2CC2)nc2ccccc2c1-c1ccc(F)cc1)c1ccccc1. The lowest BCUT2D eigenvalue weighted by Gasteiger charge is -2.15. The van der Waals surface area contributed by atoms with Crippen LogP contribution in [-0.4, -0.2) is 4.98 Å². The maximum absolute atomic E-state index is 13.7. The van der Waals surface area contributed by atoms with Gasteiger partial charge >= 0.3 is 0 Å². The van der Waals surface area contributed by atoms with Crippen molar-refractivity contribution in [3.8, 4) is 17.2 Å². The summed E-state index contributed by atoms with van der Waals surface area (Å²) in [6.07, 6.45) is 8.06. The second-order valence-corrected chi connectivity index (χ2v) is 8.00. The molecule has 1 saturated carbocycles. The number of para-hydroxylation sites is 1. The number of hydrogen-bond donors (Lipinski definition) is 0. The van der Waals surface area contributed by atoms with E-state index in [-0.39, 0.29) is 5.82 Å². The molecule has 1 heterocycles. The summed E-state index contributed by atoms with van der Waals surface area (Å²) in [4.78, 5) is 5.01. The number of halogens is 1. The summed E-state index contributed by atoms with van der Waals surface area (Å²) in [5.74, 6) is 0.183. The number of nitriles is 1. The first kappa shape index (κ1) is 19.9. The van der Waals surface area contributed by atoms with Crippen molar-refractivity contribution in [3.63, 3.8) is 0 Å². The van der Waals surface area contributed by atoms with Crippen LogP contribution in [0.4, 0.5) is 4.39 Å². The first-order valence-electron chi connectivity index (χ1n) is 10.8. The highest BCUT2D eigenvalue weighted by Crippen LogP contribution is 2.45. The smallest absolute Gasteiger partial charge is 0.123 e. The maximum Gasteiger partial charge on any atom is 0.123 e. The topological polar surface area (TPSA) is 36.7 Å². The average Bonchev–Trinajstić information content (AvgIpc) is 3.68. The molecule has 4 aromatic rings. The fourth-order valence-electron chi connectivity index (χ4n) is 4.07. The molecule has 32 heavy (non-hydrogen) atoms. The van der Waals surface area contributed by atoms with E-state index in [1.807, 2.05) is 78.9 Å². The molecule has 0 N–H and O–H groups in total. The zero-order valence-corrected chi connectivity index (χ0v) is 17.5. The fourth-order valence-corrected chi connectivity index (χ4v) is 4.07. The van der Waals surface area contributed by atoms with Gasteiger partial charge in [0.15, 0.2) is 0 Å². The van der Waals surface area contributed by atoms with Crippen LogP contribution in [0.1, 0.15) is 35.6 Å². The lowest BCUT2D eigenvalue weighted by molar-refractivity contribution is 0.628. The van der Waals surface area contributed by atoms with Gasteiger partial charge in [-0.15, -0.1) is 0 Å². The molecule has 0 saturated heterocycles. The lowest BCUT2D eigenvalue weighted by atomic mass is 9.92. The van der Waals surface area contributed by atoms with E-state index in [9.17, 15) is 9.65 Å². The first-order valence-corrected chi connectivity index (χ1v) is 10.8. The van der Waals surface area contributed by atoms with Crippen LogP contribution in [0.25, 0.3) is 33.7 Å². The van der Waals surface area contributed by atoms with Gasteiger partial charge in [0.25, 0.3) is 0 Å². The van der Waals surface area contributed by atoms with E-state index in [4.69, 9.17) is 4.98 Å². The number of allylic oxidation sites excluding steroid dienone is 3. The van der Waals surface area contributed by atoms with E-state index in [0.29, 0.717) is 11.5 Å². The summed E-state index contributed by atoms with van der Waals surface area (Å²) >= 11 is 0. The summed E-state index contributed by atoms with van der Waals surface area (Å²) in [6, 6.07) is 26.7. The lowest BCUT2D eigenvalue weighted by Crippen LogP contribution is -1.98. The van der Waals surface area contributed by atoms with E-state index >= 15 is 0 Å². The van der Waals surface area contributed by atoms with Crippen LogP contribution in [0, 0.1) is 17.1 Å². The minimum absolute atomic E-state index is 0.254. The molecule has 2 nitrogen and oxygen atoms in total. The minimum atomic E-state index is -0.254. The highest BCUT2D eigenvalue weighted by atomic mass is 19.1. The molecule has 0 amide bonds. The molecule has 0 bridgehead atoms. The third-order valence-electron chi connectivity index (χ3n) is 5.79. The Kier molecular flexibility index (Phi) is 5.35. The Morgan fingerprint density at radius 2 is 1.66 bits per heavy atom. The van der Waals surface area contributed by atoms with Crippen molar-refractivity contribution < 1.29 is 4.39 Å². The van der Waals surface area contributed by atoms with Crippen LogP contribution in [0.15, 0.2) is 91.0 Å². The van der Waals surface area contributed by atoms with E-state index in [1.54, 1.807) is 0 Å². The van der Waals surface area contributed by atoms with Gasteiger partial charge in [-0.1, -0.05) is 72.8 Å². The van der Waals surface area contributed by atoms with Crippen LogP contribution in [-0.2, 0) is 0 Å². The molecule has 1 fully saturated rings. The zero-order chi connectivity index (χ0) is 21.9. The molecule has 5 rings (SSSR count). The van der Waals surface area contributed by atoms with Crippen LogP contribution in [0.3, 0.4) is 0 Å². The summed E-state index contributed by atoms with van der Waals surface area (Å²) in [7, 11) is 0. The summed E-state index contributed by atoms with van der Waals surface area (Å²) in [5.41, 5.74) is 6.57. The fraction of sp³-hybridized carbons (Fsp3) is 0.103. The van der Waals surface area contributed by atoms with E-state index in [2.05, 4.69) is 12.1 Å². The van der Waals surface area contributed by atoms with Gasteiger partial charge in [-0.2, -0.15) is 5.26 Å². The van der Waals surface area contributed by atoms with Gasteiger partial charge in [-0.05, 0) is 48.2 Å². The van der Waals surface area contributed by atoms with E-state index < -0.39 is 0 Å². The Morgan fingerprint density at radius 1 is 0.938 bits per heavy atom.